The second kappa shape index (κ2) is 10.0. The first-order valence-corrected chi connectivity index (χ1v) is 9.89. The van der Waals surface area contributed by atoms with Crippen molar-refractivity contribution in [1.82, 2.24) is 0 Å². The molecule has 1 amide bonds. The third kappa shape index (κ3) is 5.90. The Morgan fingerprint density at radius 3 is 2.57 bits per heavy atom. The van der Waals surface area contributed by atoms with Gasteiger partial charge in [-0.1, -0.05) is 6.07 Å². The zero-order valence-corrected chi connectivity index (χ0v) is 17.1. The molecule has 0 spiro atoms. The molecule has 7 heteroatoms. The second-order valence-electron chi connectivity index (χ2n) is 7.14. The molecular weight excluding hydrogens is 386 g/mol. The largest absolute Gasteiger partial charge is 0.491 e. The van der Waals surface area contributed by atoms with Crippen LogP contribution in [-0.4, -0.2) is 43.1 Å². The number of hydrogen-bond acceptors (Lipinski definition) is 6. The van der Waals surface area contributed by atoms with E-state index in [0.717, 1.165) is 19.4 Å². The van der Waals surface area contributed by atoms with Crippen LogP contribution in [-0.2, 0) is 14.3 Å². The predicted octanol–water partition coefficient (Wildman–Crippen LogP) is 3.63. The molecule has 0 saturated carbocycles. The van der Waals surface area contributed by atoms with Crippen LogP contribution in [0.5, 0.6) is 5.75 Å². The van der Waals surface area contributed by atoms with E-state index in [1.807, 2.05) is 0 Å². The lowest BCUT2D eigenvalue weighted by Crippen LogP contribution is -2.24. The SMILES string of the molecule is CC(=O)Nc1ccc(C(=O)[C@@H](C)OC(=O)c2cccc(OC[C@H]3CCCO3)c2)cc1. The number of amides is 1. The highest BCUT2D eigenvalue weighted by molar-refractivity contribution is 6.02. The Kier molecular flexibility index (Phi) is 7.19. The van der Waals surface area contributed by atoms with Gasteiger partial charge >= 0.3 is 5.97 Å². The van der Waals surface area contributed by atoms with E-state index in [1.165, 1.54) is 13.8 Å². The van der Waals surface area contributed by atoms with Crippen LogP contribution in [0.25, 0.3) is 0 Å². The molecule has 0 unspecified atom stereocenters. The molecule has 0 aromatic heterocycles. The lowest BCUT2D eigenvalue weighted by Gasteiger charge is -2.14. The predicted molar refractivity (Wildman–Crippen MR) is 111 cm³/mol. The summed E-state index contributed by atoms with van der Waals surface area (Å²) < 4.78 is 16.6. The maximum atomic E-state index is 12.6. The summed E-state index contributed by atoms with van der Waals surface area (Å²) in [5.41, 5.74) is 1.28. The highest BCUT2D eigenvalue weighted by Crippen LogP contribution is 2.19. The molecule has 2 aromatic carbocycles. The van der Waals surface area contributed by atoms with Crippen molar-refractivity contribution in [2.45, 2.75) is 38.9 Å². The van der Waals surface area contributed by atoms with E-state index >= 15 is 0 Å². The number of anilines is 1. The van der Waals surface area contributed by atoms with Gasteiger partial charge in [0.1, 0.15) is 12.4 Å². The van der Waals surface area contributed by atoms with Crippen molar-refractivity contribution >= 4 is 23.3 Å². The third-order valence-electron chi connectivity index (χ3n) is 4.67. The monoisotopic (exact) mass is 411 g/mol. The number of hydrogen-bond donors (Lipinski definition) is 1. The van der Waals surface area contributed by atoms with Crippen LogP contribution in [0.15, 0.2) is 48.5 Å². The number of nitrogens with one attached hydrogen (secondary N) is 1. The normalized spacial score (nSPS) is 16.5. The molecular formula is C23H25NO6. The van der Waals surface area contributed by atoms with Gasteiger partial charge in [-0.05, 0) is 62.2 Å². The molecule has 0 aliphatic carbocycles. The topological polar surface area (TPSA) is 90.9 Å². The summed E-state index contributed by atoms with van der Waals surface area (Å²) in [5.74, 6) is -0.581. The van der Waals surface area contributed by atoms with Crippen molar-refractivity contribution in [3.63, 3.8) is 0 Å². The molecule has 3 rings (SSSR count). The summed E-state index contributed by atoms with van der Waals surface area (Å²) in [6.07, 6.45) is 1.12. The van der Waals surface area contributed by atoms with Crippen molar-refractivity contribution in [2.24, 2.45) is 0 Å². The summed E-state index contributed by atoms with van der Waals surface area (Å²) in [5, 5.41) is 2.63. The fraction of sp³-hybridized carbons (Fsp3) is 0.348. The fourth-order valence-electron chi connectivity index (χ4n) is 3.12. The number of rotatable bonds is 8. The van der Waals surface area contributed by atoms with Gasteiger partial charge in [0.2, 0.25) is 11.7 Å². The maximum absolute atomic E-state index is 12.6. The highest BCUT2D eigenvalue weighted by Gasteiger charge is 2.21. The Labute approximate surface area is 175 Å². The van der Waals surface area contributed by atoms with Gasteiger partial charge in [0.25, 0.3) is 0 Å². The lowest BCUT2D eigenvalue weighted by molar-refractivity contribution is -0.114. The van der Waals surface area contributed by atoms with Crippen LogP contribution in [0.3, 0.4) is 0 Å². The lowest BCUT2D eigenvalue weighted by atomic mass is 10.1. The van der Waals surface area contributed by atoms with Gasteiger partial charge in [-0.25, -0.2) is 4.79 Å². The second-order valence-corrected chi connectivity index (χ2v) is 7.14. The Morgan fingerprint density at radius 2 is 1.90 bits per heavy atom. The van der Waals surface area contributed by atoms with E-state index in [2.05, 4.69) is 5.32 Å². The first-order chi connectivity index (χ1) is 14.4. The number of carbonyl (C=O) groups excluding carboxylic acids is 3. The molecule has 2 aromatic rings. The molecule has 1 aliphatic rings. The van der Waals surface area contributed by atoms with E-state index in [1.54, 1.807) is 48.5 Å². The van der Waals surface area contributed by atoms with Crippen LogP contribution in [0, 0.1) is 0 Å². The Balaban J connectivity index is 1.57. The molecule has 158 valence electrons. The Hall–Kier alpha value is -3.19. The van der Waals surface area contributed by atoms with Crippen LogP contribution in [0.2, 0.25) is 0 Å². The van der Waals surface area contributed by atoms with Crippen LogP contribution >= 0.6 is 0 Å². The van der Waals surface area contributed by atoms with E-state index in [0.29, 0.717) is 29.2 Å². The zero-order chi connectivity index (χ0) is 21.5. The maximum Gasteiger partial charge on any atom is 0.338 e. The third-order valence-corrected chi connectivity index (χ3v) is 4.67. The number of ether oxygens (including phenoxy) is 3. The van der Waals surface area contributed by atoms with Gasteiger partial charge in [-0.2, -0.15) is 0 Å². The summed E-state index contributed by atoms with van der Waals surface area (Å²) in [4.78, 5) is 36.1. The zero-order valence-electron chi connectivity index (χ0n) is 17.1. The Bertz CT molecular complexity index is 902. The van der Waals surface area contributed by atoms with E-state index in [4.69, 9.17) is 14.2 Å². The molecule has 1 fully saturated rings. The molecule has 7 nitrogen and oxygen atoms in total. The summed E-state index contributed by atoms with van der Waals surface area (Å²) in [6.45, 7) is 4.12. The average molecular weight is 411 g/mol. The minimum atomic E-state index is -0.958. The first kappa shape index (κ1) is 21.5. The van der Waals surface area contributed by atoms with Gasteiger partial charge in [0.05, 0.1) is 11.7 Å². The average Bonchev–Trinajstić information content (AvgIpc) is 3.26. The molecule has 1 saturated heterocycles. The van der Waals surface area contributed by atoms with Crippen LogP contribution in [0.1, 0.15) is 47.4 Å². The molecule has 0 bridgehead atoms. The van der Waals surface area contributed by atoms with Gasteiger partial charge < -0.3 is 19.5 Å². The number of ketones is 1. The van der Waals surface area contributed by atoms with Crippen molar-refractivity contribution in [2.75, 3.05) is 18.5 Å². The van der Waals surface area contributed by atoms with Gasteiger partial charge in [0, 0.05) is 24.8 Å². The number of esters is 1. The van der Waals surface area contributed by atoms with Crippen molar-refractivity contribution in [1.29, 1.82) is 0 Å². The molecule has 0 radical (unpaired) electrons. The quantitative estimate of drug-likeness (QED) is 0.527. The number of carbonyl (C=O) groups is 3. The highest BCUT2D eigenvalue weighted by atomic mass is 16.5. The standard InChI is InChI=1S/C23H25NO6/c1-15(22(26)17-8-10-19(11-9-17)24-16(2)25)30-23(27)18-5-3-6-20(13-18)29-14-21-7-4-12-28-21/h3,5-6,8-11,13,15,21H,4,7,12,14H2,1-2H3,(H,24,25)/t15-,21-/m1/s1. The van der Waals surface area contributed by atoms with Gasteiger partial charge in [-0.15, -0.1) is 0 Å². The Morgan fingerprint density at radius 1 is 1.13 bits per heavy atom. The van der Waals surface area contributed by atoms with Crippen molar-refractivity contribution in [3.05, 3.63) is 59.7 Å². The molecule has 2 atom stereocenters. The van der Waals surface area contributed by atoms with Crippen LogP contribution < -0.4 is 10.1 Å². The first-order valence-electron chi connectivity index (χ1n) is 9.89. The minimum Gasteiger partial charge on any atom is -0.491 e. The minimum absolute atomic E-state index is 0.0790. The van der Waals surface area contributed by atoms with Crippen molar-refractivity contribution < 1.29 is 28.6 Å². The van der Waals surface area contributed by atoms with Crippen molar-refractivity contribution in [3.8, 4) is 5.75 Å². The summed E-state index contributed by atoms with van der Waals surface area (Å²) in [6, 6.07) is 13.1. The smallest absolute Gasteiger partial charge is 0.338 e. The molecule has 1 heterocycles. The fourth-order valence-corrected chi connectivity index (χ4v) is 3.12. The summed E-state index contributed by atoms with van der Waals surface area (Å²) in [7, 11) is 0. The number of Topliss-reactive ketones (excluding diaryl/α,β-unsaturated/α-hetero) is 1. The van der Waals surface area contributed by atoms with Gasteiger partial charge in [0.15, 0.2) is 6.10 Å². The number of benzene rings is 2. The van der Waals surface area contributed by atoms with E-state index in [9.17, 15) is 14.4 Å². The molecule has 1 N–H and O–H groups in total. The molecule has 30 heavy (non-hydrogen) atoms. The van der Waals surface area contributed by atoms with E-state index in [-0.39, 0.29) is 17.8 Å². The summed E-state index contributed by atoms with van der Waals surface area (Å²) >= 11 is 0. The van der Waals surface area contributed by atoms with E-state index < -0.39 is 12.1 Å². The van der Waals surface area contributed by atoms with Crippen LogP contribution in [0.4, 0.5) is 5.69 Å². The van der Waals surface area contributed by atoms with Gasteiger partial charge in [-0.3, -0.25) is 9.59 Å². The molecule has 1 aliphatic heterocycles.